The summed E-state index contributed by atoms with van der Waals surface area (Å²) in [5.41, 5.74) is 0.625. The zero-order valence-corrected chi connectivity index (χ0v) is 10.4. The van der Waals surface area contributed by atoms with E-state index in [1.54, 1.807) is 6.20 Å². The van der Waals surface area contributed by atoms with Gasteiger partial charge in [-0.3, -0.25) is 0 Å². The maximum absolute atomic E-state index is 8.72. The topological polar surface area (TPSA) is 39.9 Å². The Hall–Kier alpha value is -1.56. The maximum atomic E-state index is 8.72. The van der Waals surface area contributed by atoms with Crippen molar-refractivity contribution in [2.75, 3.05) is 18.5 Å². The molecule has 1 saturated carbocycles. The van der Waals surface area contributed by atoms with Gasteiger partial charge >= 0.3 is 0 Å². The number of aromatic nitrogens is 1. The number of rotatable bonds is 3. The van der Waals surface area contributed by atoms with E-state index in [0.29, 0.717) is 5.56 Å². The van der Waals surface area contributed by atoms with Gasteiger partial charge in [-0.1, -0.05) is 19.3 Å². The van der Waals surface area contributed by atoms with Crippen LogP contribution in [0.3, 0.4) is 0 Å². The van der Waals surface area contributed by atoms with Crippen molar-refractivity contribution in [3.63, 3.8) is 0 Å². The molecule has 0 radical (unpaired) electrons. The highest BCUT2D eigenvalue weighted by atomic mass is 15.2. The van der Waals surface area contributed by atoms with E-state index in [0.717, 1.165) is 18.3 Å². The summed E-state index contributed by atoms with van der Waals surface area (Å²) in [6.45, 7) is 1.08. The van der Waals surface area contributed by atoms with Gasteiger partial charge in [-0.25, -0.2) is 4.98 Å². The molecule has 1 aromatic rings. The van der Waals surface area contributed by atoms with Gasteiger partial charge < -0.3 is 4.90 Å². The van der Waals surface area contributed by atoms with Gasteiger partial charge in [0.25, 0.3) is 0 Å². The Morgan fingerprint density at radius 3 is 2.71 bits per heavy atom. The highest BCUT2D eigenvalue weighted by molar-refractivity contribution is 5.41. The zero-order chi connectivity index (χ0) is 12.1. The second-order valence-electron chi connectivity index (χ2n) is 4.90. The van der Waals surface area contributed by atoms with Crippen molar-refractivity contribution < 1.29 is 0 Å². The molecule has 3 heteroatoms. The molecular formula is C14H19N3. The summed E-state index contributed by atoms with van der Waals surface area (Å²) >= 11 is 0. The largest absolute Gasteiger partial charge is 0.359 e. The van der Waals surface area contributed by atoms with Gasteiger partial charge in [0.05, 0.1) is 5.56 Å². The van der Waals surface area contributed by atoms with E-state index in [4.69, 9.17) is 5.26 Å². The Kier molecular flexibility index (Phi) is 3.98. The number of pyridine rings is 1. The molecule has 0 amide bonds. The molecule has 0 bridgehead atoms. The van der Waals surface area contributed by atoms with Crippen LogP contribution in [0, 0.1) is 17.2 Å². The van der Waals surface area contributed by atoms with Gasteiger partial charge in [0, 0.05) is 19.8 Å². The van der Waals surface area contributed by atoms with E-state index >= 15 is 0 Å². The van der Waals surface area contributed by atoms with Gasteiger partial charge in [0.2, 0.25) is 0 Å². The molecule has 0 spiro atoms. The third-order valence-corrected chi connectivity index (χ3v) is 3.52. The molecule has 1 heterocycles. The fourth-order valence-electron chi connectivity index (χ4n) is 2.53. The highest BCUT2D eigenvalue weighted by Gasteiger charge is 2.15. The second kappa shape index (κ2) is 5.67. The smallest absolute Gasteiger partial charge is 0.128 e. The van der Waals surface area contributed by atoms with Crippen LogP contribution in [0.1, 0.15) is 37.7 Å². The monoisotopic (exact) mass is 229 g/mol. The SMILES string of the molecule is CN(CC1CCCCC1)c1ccc(C#N)cn1. The molecule has 0 N–H and O–H groups in total. The van der Waals surface area contributed by atoms with Crippen LogP contribution in [-0.2, 0) is 0 Å². The summed E-state index contributed by atoms with van der Waals surface area (Å²) in [5, 5.41) is 8.72. The summed E-state index contributed by atoms with van der Waals surface area (Å²) in [4.78, 5) is 6.52. The number of nitriles is 1. The van der Waals surface area contributed by atoms with Crippen LogP contribution in [0.4, 0.5) is 5.82 Å². The van der Waals surface area contributed by atoms with E-state index in [-0.39, 0.29) is 0 Å². The van der Waals surface area contributed by atoms with E-state index in [9.17, 15) is 0 Å². The average molecular weight is 229 g/mol. The van der Waals surface area contributed by atoms with E-state index in [1.807, 2.05) is 12.1 Å². The van der Waals surface area contributed by atoms with Crippen molar-refractivity contribution in [3.8, 4) is 6.07 Å². The molecule has 90 valence electrons. The van der Waals surface area contributed by atoms with Crippen molar-refractivity contribution in [2.24, 2.45) is 5.92 Å². The first-order chi connectivity index (χ1) is 8.29. The minimum Gasteiger partial charge on any atom is -0.359 e. The molecule has 2 rings (SSSR count). The van der Waals surface area contributed by atoms with Crippen molar-refractivity contribution in [1.29, 1.82) is 5.26 Å². The summed E-state index contributed by atoms with van der Waals surface area (Å²) in [6.07, 6.45) is 8.49. The molecule has 0 atom stereocenters. The standard InChI is InChI=1S/C14H19N3/c1-17(11-12-5-3-2-4-6-12)14-8-7-13(9-15)10-16-14/h7-8,10,12H,2-6,11H2,1H3. The summed E-state index contributed by atoms with van der Waals surface area (Å²) < 4.78 is 0. The van der Waals surface area contributed by atoms with Gasteiger partial charge in [0.1, 0.15) is 11.9 Å². The van der Waals surface area contributed by atoms with Crippen molar-refractivity contribution in [1.82, 2.24) is 4.98 Å². The third kappa shape index (κ3) is 3.20. The van der Waals surface area contributed by atoms with E-state index in [2.05, 4.69) is 23.0 Å². The highest BCUT2D eigenvalue weighted by Crippen LogP contribution is 2.25. The Balaban J connectivity index is 1.94. The Bertz CT molecular complexity index is 385. The predicted molar refractivity (Wildman–Crippen MR) is 68.8 cm³/mol. The first-order valence-electron chi connectivity index (χ1n) is 6.37. The average Bonchev–Trinajstić information content (AvgIpc) is 2.40. The fourth-order valence-corrected chi connectivity index (χ4v) is 2.53. The van der Waals surface area contributed by atoms with E-state index in [1.165, 1.54) is 32.1 Å². The van der Waals surface area contributed by atoms with Crippen molar-refractivity contribution >= 4 is 5.82 Å². The lowest BCUT2D eigenvalue weighted by Crippen LogP contribution is -2.27. The lowest BCUT2D eigenvalue weighted by Gasteiger charge is -2.27. The lowest BCUT2D eigenvalue weighted by molar-refractivity contribution is 0.361. The quantitative estimate of drug-likeness (QED) is 0.800. The minimum atomic E-state index is 0.625. The molecule has 1 fully saturated rings. The summed E-state index contributed by atoms with van der Waals surface area (Å²) in [7, 11) is 2.09. The Morgan fingerprint density at radius 1 is 1.35 bits per heavy atom. The molecule has 1 aliphatic carbocycles. The first-order valence-corrected chi connectivity index (χ1v) is 6.37. The Labute approximate surface area is 103 Å². The van der Waals surface area contributed by atoms with Crippen LogP contribution in [0.2, 0.25) is 0 Å². The normalized spacial score (nSPS) is 16.5. The van der Waals surface area contributed by atoms with Gasteiger partial charge in [0.15, 0.2) is 0 Å². The Morgan fingerprint density at radius 2 is 2.12 bits per heavy atom. The number of anilines is 1. The van der Waals surface area contributed by atoms with Gasteiger partial charge in [-0.05, 0) is 30.9 Å². The molecule has 3 nitrogen and oxygen atoms in total. The summed E-state index contributed by atoms with van der Waals surface area (Å²) in [6, 6.07) is 5.86. The fraction of sp³-hybridized carbons (Fsp3) is 0.571. The van der Waals surface area contributed by atoms with Crippen molar-refractivity contribution in [2.45, 2.75) is 32.1 Å². The predicted octanol–water partition coefficient (Wildman–Crippen LogP) is 2.97. The van der Waals surface area contributed by atoms with Crippen LogP contribution in [-0.4, -0.2) is 18.6 Å². The number of hydrogen-bond acceptors (Lipinski definition) is 3. The molecule has 0 aliphatic heterocycles. The summed E-state index contributed by atoms with van der Waals surface area (Å²) in [5.74, 6) is 1.78. The molecular weight excluding hydrogens is 210 g/mol. The van der Waals surface area contributed by atoms with Crippen LogP contribution in [0.25, 0.3) is 0 Å². The van der Waals surface area contributed by atoms with Crippen LogP contribution < -0.4 is 4.90 Å². The second-order valence-corrected chi connectivity index (χ2v) is 4.90. The molecule has 0 saturated heterocycles. The van der Waals surface area contributed by atoms with Gasteiger partial charge in [-0.15, -0.1) is 0 Å². The molecule has 1 aromatic heterocycles. The maximum Gasteiger partial charge on any atom is 0.128 e. The van der Waals surface area contributed by atoms with E-state index < -0.39 is 0 Å². The van der Waals surface area contributed by atoms with Crippen LogP contribution in [0.5, 0.6) is 0 Å². The van der Waals surface area contributed by atoms with Gasteiger partial charge in [-0.2, -0.15) is 5.26 Å². The molecule has 17 heavy (non-hydrogen) atoms. The van der Waals surface area contributed by atoms with Crippen LogP contribution in [0.15, 0.2) is 18.3 Å². The first kappa shape index (κ1) is 11.9. The zero-order valence-electron chi connectivity index (χ0n) is 10.4. The third-order valence-electron chi connectivity index (χ3n) is 3.52. The lowest BCUT2D eigenvalue weighted by atomic mass is 9.89. The molecule has 1 aliphatic rings. The molecule has 0 unspecified atom stereocenters. The minimum absolute atomic E-state index is 0.625. The number of hydrogen-bond donors (Lipinski definition) is 0. The van der Waals surface area contributed by atoms with Crippen molar-refractivity contribution in [3.05, 3.63) is 23.9 Å². The number of nitrogens with zero attached hydrogens (tertiary/aromatic N) is 3. The molecule has 0 aromatic carbocycles. The van der Waals surface area contributed by atoms with Crippen LogP contribution >= 0.6 is 0 Å².